The summed E-state index contributed by atoms with van der Waals surface area (Å²) in [6.07, 6.45) is 13.3. The molecule has 0 heterocycles. The second-order valence-corrected chi connectivity index (χ2v) is 12.1. The molecular weight excluding hydrogens is 486 g/mol. The standard InChI is InChI=1S/C26H38BrNOS2/c1-4-5-6-7-8-9-10-11-12-17-31-25(30)24-22(18-26(2,3)19-23(24)29)28-21-15-13-20(27)14-16-21/h13-16,28H,4-12,17-19H2,1-3H3. The van der Waals surface area contributed by atoms with Crippen LogP contribution in [0.3, 0.4) is 0 Å². The number of carbonyl (C=O) groups is 1. The highest BCUT2D eigenvalue weighted by Crippen LogP contribution is 2.39. The predicted octanol–water partition coefficient (Wildman–Crippen LogP) is 9.10. The molecular formula is C26H38BrNOS2. The van der Waals surface area contributed by atoms with Crippen LogP contribution in [-0.4, -0.2) is 15.7 Å². The molecule has 1 aromatic carbocycles. The second kappa shape index (κ2) is 13.8. The van der Waals surface area contributed by atoms with E-state index in [-0.39, 0.29) is 11.2 Å². The number of halogens is 1. The fourth-order valence-electron chi connectivity index (χ4n) is 4.02. The molecule has 0 aliphatic heterocycles. The van der Waals surface area contributed by atoms with Crippen LogP contribution in [0.5, 0.6) is 0 Å². The number of hydrogen-bond donors (Lipinski definition) is 1. The van der Waals surface area contributed by atoms with Crippen molar-refractivity contribution >= 4 is 55.6 Å². The van der Waals surface area contributed by atoms with Gasteiger partial charge in [0.2, 0.25) is 0 Å². The van der Waals surface area contributed by atoms with E-state index < -0.39 is 0 Å². The van der Waals surface area contributed by atoms with Crippen LogP contribution in [0.25, 0.3) is 0 Å². The lowest BCUT2D eigenvalue weighted by Crippen LogP contribution is -2.30. The van der Waals surface area contributed by atoms with E-state index in [1.165, 1.54) is 57.8 Å². The third-order valence-electron chi connectivity index (χ3n) is 5.70. The number of rotatable bonds is 13. The molecule has 2 nitrogen and oxygen atoms in total. The van der Waals surface area contributed by atoms with Gasteiger partial charge in [0.05, 0.1) is 9.77 Å². The van der Waals surface area contributed by atoms with Crippen LogP contribution in [0.1, 0.15) is 91.4 Å². The van der Waals surface area contributed by atoms with Gasteiger partial charge in [-0.2, -0.15) is 0 Å². The maximum Gasteiger partial charge on any atom is 0.167 e. The molecule has 5 heteroatoms. The highest BCUT2D eigenvalue weighted by Gasteiger charge is 2.34. The summed E-state index contributed by atoms with van der Waals surface area (Å²) in [6.45, 7) is 6.58. The first-order chi connectivity index (χ1) is 14.8. The van der Waals surface area contributed by atoms with Crippen molar-refractivity contribution in [1.82, 2.24) is 0 Å². The first-order valence-electron chi connectivity index (χ1n) is 11.8. The molecule has 0 amide bonds. The fourth-order valence-corrected chi connectivity index (χ4v) is 5.69. The quantitative estimate of drug-likeness (QED) is 0.206. The van der Waals surface area contributed by atoms with Crippen molar-refractivity contribution in [3.8, 4) is 0 Å². The molecule has 0 bridgehead atoms. The Bertz CT molecular complexity index is 755. The molecule has 0 saturated heterocycles. The Morgan fingerprint density at radius 3 is 2.19 bits per heavy atom. The van der Waals surface area contributed by atoms with Crippen LogP contribution in [-0.2, 0) is 4.79 Å². The Labute approximate surface area is 207 Å². The van der Waals surface area contributed by atoms with Crippen molar-refractivity contribution in [2.75, 3.05) is 11.1 Å². The number of hydrogen-bond acceptors (Lipinski definition) is 4. The Morgan fingerprint density at radius 1 is 1.00 bits per heavy atom. The monoisotopic (exact) mass is 523 g/mol. The van der Waals surface area contributed by atoms with Crippen LogP contribution >= 0.6 is 39.9 Å². The van der Waals surface area contributed by atoms with Crippen LogP contribution in [0.4, 0.5) is 5.69 Å². The fraction of sp³-hybridized carbons (Fsp3) is 0.615. The summed E-state index contributed by atoms with van der Waals surface area (Å²) in [4.78, 5) is 13.0. The maximum absolute atomic E-state index is 13.0. The summed E-state index contributed by atoms with van der Waals surface area (Å²) >= 11 is 10.9. The Balaban J connectivity index is 1.87. The number of allylic oxidation sites excluding steroid dienone is 1. The van der Waals surface area contributed by atoms with Crippen LogP contribution in [0, 0.1) is 5.41 Å². The van der Waals surface area contributed by atoms with Gasteiger partial charge in [0.15, 0.2) is 5.78 Å². The van der Waals surface area contributed by atoms with Gasteiger partial charge >= 0.3 is 0 Å². The van der Waals surface area contributed by atoms with Gasteiger partial charge in [-0.3, -0.25) is 4.79 Å². The minimum Gasteiger partial charge on any atom is -0.358 e. The average Bonchev–Trinajstić information content (AvgIpc) is 2.70. The molecule has 1 aromatic rings. The second-order valence-electron chi connectivity index (χ2n) is 9.39. The predicted molar refractivity (Wildman–Crippen MR) is 145 cm³/mol. The van der Waals surface area contributed by atoms with Gasteiger partial charge in [0.1, 0.15) is 0 Å². The van der Waals surface area contributed by atoms with E-state index >= 15 is 0 Å². The van der Waals surface area contributed by atoms with E-state index in [0.717, 1.165) is 37.8 Å². The van der Waals surface area contributed by atoms with Crippen LogP contribution in [0.2, 0.25) is 0 Å². The number of thioether (sulfide) groups is 1. The minimum atomic E-state index is -0.0459. The van der Waals surface area contributed by atoms with Crippen molar-refractivity contribution < 1.29 is 4.79 Å². The number of nitrogens with one attached hydrogen (secondary N) is 1. The van der Waals surface area contributed by atoms with Crippen molar-refractivity contribution in [3.05, 3.63) is 40.0 Å². The molecule has 31 heavy (non-hydrogen) atoms. The number of carbonyl (C=O) groups excluding carboxylic acids is 1. The zero-order valence-electron chi connectivity index (χ0n) is 19.4. The molecule has 0 unspecified atom stereocenters. The Hall–Kier alpha value is -0.650. The molecule has 0 spiro atoms. The summed E-state index contributed by atoms with van der Waals surface area (Å²) in [5, 5.41) is 3.50. The van der Waals surface area contributed by atoms with E-state index in [9.17, 15) is 4.79 Å². The van der Waals surface area contributed by atoms with Gasteiger partial charge in [0, 0.05) is 22.3 Å². The van der Waals surface area contributed by atoms with E-state index in [0.29, 0.717) is 6.42 Å². The average molecular weight is 525 g/mol. The van der Waals surface area contributed by atoms with Crippen molar-refractivity contribution in [3.63, 3.8) is 0 Å². The largest absolute Gasteiger partial charge is 0.358 e. The molecule has 0 atom stereocenters. The molecule has 2 rings (SSSR count). The number of unbranched alkanes of at least 4 members (excludes halogenated alkanes) is 8. The van der Waals surface area contributed by atoms with Crippen LogP contribution in [0.15, 0.2) is 40.0 Å². The Morgan fingerprint density at radius 2 is 1.58 bits per heavy atom. The smallest absolute Gasteiger partial charge is 0.167 e. The normalized spacial score (nSPS) is 15.9. The van der Waals surface area contributed by atoms with E-state index in [2.05, 4.69) is 42.0 Å². The van der Waals surface area contributed by atoms with Crippen LogP contribution < -0.4 is 5.32 Å². The SMILES string of the molecule is CCCCCCCCCCCSC(=S)C1=C(Nc2ccc(Br)cc2)CC(C)(C)CC1=O. The molecule has 1 N–H and O–H groups in total. The number of Topliss-reactive ketones (excluding diaryl/α,β-unsaturated/α-hetero) is 1. The highest BCUT2D eigenvalue weighted by atomic mass is 79.9. The number of benzene rings is 1. The lowest BCUT2D eigenvalue weighted by atomic mass is 9.76. The first-order valence-corrected chi connectivity index (χ1v) is 14.0. The number of ketones is 1. The lowest BCUT2D eigenvalue weighted by Gasteiger charge is -2.32. The molecule has 1 aliphatic carbocycles. The third-order valence-corrected chi connectivity index (χ3v) is 7.75. The zero-order valence-corrected chi connectivity index (χ0v) is 22.6. The molecule has 0 saturated carbocycles. The number of thiocarbonyl (C=S) groups is 1. The van der Waals surface area contributed by atoms with E-state index in [1.54, 1.807) is 11.8 Å². The molecule has 1 aliphatic rings. The summed E-state index contributed by atoms with van der Waals surface area (Å²) in [6, 6.07) is 8.07. The topological polar surface area (TPSA) is 29.1 Å². The van der Waals surface area contributed by atoms with Gasteiger partial charge in [-0.25, -0.2) is 0 Å². The van der Waals surface area contributed by atoms with Gasteiger partial charge in [-0.15, -0.1) is 11.8 Å². The van der Waals surface area contributed by atoms with Crippen molar-refractivity contribution in [1.29, 1.82) is 0 Å². The van der Waals surface area contributed by atoms with Gasteiger partial charge in [0.25, 0.3) is 0 Å². The lowest BCUT2D eigenvalue weighted by molar-refractivity contribution is -0.117. The first kappa shape index (κ1) is 26.6. The Kier molecular flexibility index (Phi) is 11.8. The summed E-state index contributed by atoms with van der Waals surface area (Å²) in [5.41, 5.74) is 2.68. The zero-order chi connectivity index (χ0) is 22.7. The van der Waals surface area contributed by atoms with Crippen molar-refractivity contribution in [2.24, 2.45) is 5.41 Å². The minimum absolute atomic E-state index is 0.0459. The molecule has 0 radical (unpaired) electrons. The summed E-state index contributed by atoms with van der Waals surface area (Å²) < 4.78 is 1.80. The number of anilines is 1. The molecule has 0 aromatic heterocycles. The third kappa shape index (κ3) is 9.79. The maximum atomic E-state index is 13.0. The van der Waals surface area contributed by atoms with Gasteiger partial charge < -0.3 is 5.32 Å². The molecule has 172 valence electrons. The van der Waals surface area contributed by atoms with Gasteiger partial charge in [-0.05, 0) is 48.3 Å². The van der Waals surface area contributed by atoms with Crippen molar-refractivity contribution in [2.45, 2.75) is 91.4 Å². The summed E-state index contributed by atoms with van der Waals surface area (Å²) in [7, 11) is 0. The van der Waals surface area contributed by atoms with Gasteiger partial charge in [-0.1, -0.05) is 100 Å². The summed E-state index contributed by atoms with van der Waals surface area (Å²) in [5.74, 6) is 1.18. The van der Waals surface area contributed by atoms with E-state index in [4.69, 9.17) is 12.2 Å². The van der Waals surface area contributed by atoms with E-state index in [1.807, 2.05) is 24.3 Å². The molecule has 0 fully saturated rings. The highest BCUT2D eigenvalue weighted by molar-refractivity contribution is 9.10.